The van der Waals surface area contributed by atoms with Gasteiger partial charge in [0.25, 0.3) is 0 Å². The molecule has 2 rings (SSSR count). The number of carbonyl (C=O) groups is 1. The summed E-state index contributed by atoms with van der Waals surface area (Å²) >= 11 is 5.77. The molecule has 3 nitrogen and oxygen atoms in total. The number of rotatable bonds is 5. The zero-order valence-corrected chi connectivity index (χ0v) is 12.4. The van der Waals surface area contributed by atoms with Crippen molar-refractivity contribution >= 4 is 17.5 Å². The van der Waals surface area contributed by atoms with Crippen LogP contribution < -0.4 is 0 Å². The van der Waals surface area contributed by atoms with Crippen molar-refractivity contribution in [3.05, 3.63) is 35.9 Å². The Morgan fingerprint density at radius 2 is 1.95 bits per heavy atom. The molecule has 0 aliphatic heterocycles. The highest BCUT2D eigenvalue weighted by Crippen LogP contribution is 2.29. The highest BCUT2D eigenvalue weighted by molar-refractivity contribution is 6.27. The fourth-order valence-electron chi connectivity index (χ4n) is 3.06. The maximum absolute atomic E-state index is 12.2. The van der Waals surface area contributed by atoms with Crippen LogP contribution in [0.4, 0.5) is 0 Å². The lowest BCUT2D eigenvalue weighted by molar-refractivity contribution is -0.134. The molecular weight excluding hydrogens is 274 g/mol. The van der Waals surface area contributed by atoms with Crippen molar-refractivity contribution in [2.45, 2.75) is 38.3 Å². The van der Waals surface area contributed by atoms with Gasteiger partial charge in [0.2, 0.25) is 5.91 Å². The van der Waals surface area contributed by atoms with Crippen molar-refractivity contribution in [3.63, 3.8) is 0 Å². The molecule has 110 valence electrons. The first-order valence-electron chi connectivity index (χ1n) is 7.26. The minimum atomic E-state index is -0.0409. The fourth-order valence-corrected chi connectivity index (χ4v) is 3.21. The largest absolute Gasteiger partial charge is 0.396 e. The van der Waals surface area contributed by atoms with Crippen molar-refractivity contribution in [2.75, 3.05) is 12.5 Å². The Hall–Kier alpha value is -1.06. The maximum atomic E-state index is 12.2. The van der Waals surface area contributed by atoms with Gasteiger partial charge in [0.15, 0.2) is 0 Å². The number of alkyl halides is 1. The third-order valence-corrected chi connectivity index (χ3v) is 4.36. The molecule has 2 atom stereocenters. The fraction of sp³-hybridized carbons (Fsp3) is 0.562. The van der Waals surface area contributed by atoms with Gasteiger partial charge in [-0.1, -0.05) is 43.2 Å². The predicted octanol–water partition coefficient (Wildman–Crippen LogP) is 2.81. The summed E-state index contributed by atoms with van der Waals surface area (Å²) in [7, 11) is 0. The summed E-state index contributed by atoms with van der Waals surface area (Å²) in [5, 5.41) is 9.56. The smallest absolute Gasteiger partial charge is 0.238 e. The molecule has 1 saturated carbocycles. The van der Waals surface area contributed by atoms with Crippen molar-refractivity contribution in [3.8, 4) is 0 Å². The highest BCUT2D eigenvalue weighted by atomic mass is 35.5. The van der Waals surface area contributed by atoms with E-state index in [2.05, 4.69) is 0 Å². The minimum absolute atomic E-state index is 0.00147. The molecule has 1 aliphatic carbocycles. The predicted molar refractivity (Wildman–Crippen MR) is 80.5 cm³/mol. The number of aliphatic hydroxyl groups is 1. The van der Waals surface area contributed by atoms with E-state index in [0.29, 0.717) is 6.54 Å². The summed E-state index contributed by atoms with van der Waals surface area (Å²) in [5.74, 6) is 0.141. The van der Waals surface area contributed by atoms with Crippen molar-refractivity contribution in [1.82, 2.24) is 4.90 Å². The van der Waals surface area contributed by atoms with Crippen LogP contribution in [0, 0.1) is 5.92 Å². The summed E-state index contributed by atoms with van der Waals surface area (Å²) in [6.07, 6.45) is 4.20. The molecule has 0 heterocycles. The summed E-state index contributed by atoms with van der Waals surface area (Å²) in [6, 6.07) is 10.1. The zero-order chi connectivity index (χ0) is 14.4. The number of hydrogen-bond acceptors (Lipinski definition) is 2. The maximum Gasteiger partial charge on any atom is 0.238 e. The first-order chi connectivity index (χ1) is 9.76. The number of hydrogen-bond donors (Lipinski definition) is 1. The number of amides is 1. The van der Waals surface area contributed by atoms with Crippen LogP contribution in [0.5, 0.6) is 0 Å². The molecule has 1 fully saturated rings. The lowest BCUT2D eigenvalue weighted by atomic mass is 9.83. The van der Waals surface area contributed by atoms with E-state index in [9.17, 15) is 9.90 Å². The van der Waals surface area contributed by atoms with E-state index in [1.807, 2.05) is 35.2 Å². The molecule has 2 unspecified atom stereocenters. The van der Waals surface area contributed by atoms with Crippen LogP contribution in [0.1, 0.15) is 31.2 Å². The molecule has 0 bridgehead atoms. The van der Waals surface area contributed by atoms with Crippen molar-refractivity contribution in [1.29, 1.82) is 0 Å². The molecule has 1 N–H and O–H groups in total. The lowest BCUT2D eigenvalue weighted by Gasteiger charge is -2.39. The first kappa shape index (κ1) is 15.3. The molecule has 4 heteroatoms. The summed E-state index contributed by atoms with van der Waals surface area (Å²) in [5.41, 5.74) is 1.10. The summed E-state index contributed by atoms with van der Waals surface area (Å²) in [4.78, 5) is 14.1. The number of benzene rings is 1. The van der Waals surface area contributed by atoms with E-state index in [-0.39, 0.29) is 30.4 Å². The van der Waals surface area contributed by atoms with Gasteiger partial charge < -0.3 is 10.0 Å². The average Bonchev–Trinajstić information content (AvgIpc) is 2.53. The van der Waals surface area contributed by atoms with Crippen LogP contribution in [0.25, 0.3) is 0 Å². The molecule has 1 amide bonds. The zero-order valence-electron chi connectivity index (χ0n) is 11.7. The van der Waals surface area contributed by atoms with Gasteiger partial charge in [-0.3, -0.25) is 4.79 Å². The van der Waals surface area contributed by atoms with Crippen molar-refractivity contribution in [2.24, 2.45) is 5.92 Å². The molecule has 0 spiro atoms. The van der Waals surface area contributed by atoms with Crippen LogP contribution in [-0.4, -0.2) is 34.4 Å². The number of nitrogens with zero attached hydrogens (tertiary/aromatic N) is 1. The quantitative estimate of drug-likeness (QED) is 0.849. The number of carbonyl (C=O) groups excluding carboxylic acids is 1. The second-order valence-electron chi connectivity index (χ2n) is 5.44. The highest BCUT2D eigenvalue weighted by Gasteiger charge is 2.32. The Labute approximate surface area is 125 Å². The molecule has 1 aromatic carbocycles. The third kappa shape index (κ3) is 3.74. The normalized spacial score (nSPS) is 22.5. The van der Waals surface area contributed by atoms with Gasteiger partial charge in [0.05, 0.1) is 0 Å². The van der Waals surface area contributed by atoms with E-state index >= 15 is 0 Å². The first-order valence-corrected chi connectivity index (χ1v) is 7.80. The Balaban J connectivity index is 2.16. The lowest BCUT2D eigenvalue weighted by Crippen LogP contribution is -2.47. The van der Waals surface area contributed by atoms with E-state index < -0.39 is 0 Å². The standard InChI is InChI=1S/C16H22ClNO2/c17-10-16(20)18(11-13-6-2-1-3-7-13)15-9-5-4-8-14(15)12-19/h1-3,6-7,14-15,19H,4-5,8-12H2. The molecule has 0 radical (unpaired) electrons. The van der Waals surface area contributed by atoms with Gasteiger partial charge in [-0.25, -0.2) is 0 Å². The molecule has 1 aliphatic rings. The SMILES string of the molecule is O=C(CCl)N(Cc1ccccc1)C1CCCCC1CO. The average molecular weight is 296 g/mol. The van der Waals surface area contributed by atoms with E-state index in [4.69, 9.17) is 11.6 Å². The molecule has 0 saturated heterocycles. The monoisotopic (exact) mass is 295 g/mol. The molecule has 0 aromatic heterocycles. The van der Waals surface area contributed by atoms with Gasteiger partial charge in [-0.05, 0) is 18.4 Å². The second kappa shape index (κ2) is 7.65. The van der Waals surface area contributed by atoms with Crippen LogP contribution in [0.2, 0.25) is 0 Å². The van der Waals surface area contributed by atoms with E-state index in [1.165, 1.54) is 0 Å². The Kier molecular flexibility index (Phi) is 5.86. The van der Waals surface area contributed by atoms with Gasteiger partial charge in [-0.15, -0.1) is 11.6 Å². The van der Waals surface area contributed by atoms with Gasteiger partial charge in [-0.2, -0.15) is 0 Å². The van der Waals surface area contributed by atoms with Crippen LogP contribution in [0.15, 0.2) is 30.3 Å². The van der Waals surface area contributed by atoms with Gasteiger partial charge in [0.1, 0.15) is 5.88 Å². The molecular formula is C16H22ClNO2. The van der Waals surface area contributed by atoms with Gasteiger partial charge >= 0.3 is 0 Å². The topological polar surface area (TPSA) is 40.5 Å². The van der Waals surface area contributed by atoms with E-state index in [0.717, 1.165) is 31.2 Å². The number of aliphatic hydroxyl groups excluding tert-OH is 1. The number of halogens is 1. The Morgan fingerprint density at radius 1 is 1.25 bits per heavy atom. The summed E-state index contributed by atoms with van der Waals surface area (Å²) in [6.45, 7) is 0.721. The Morgan fingerprint density at radius 3 is 2.60 bits per heavy atom. The summed E-state index contributed by atoms with van der Waals surface area (Å²) < 4.78 is 0. The second-order valence-corrected chi connectivity index (χ2v) is 5.70. The van der Waals surface area contributed by atoms with Gasteiger partial charge in [0, 0.05) is 25.1 Å². The van der Waals surface area contributed by atoms with Crippen LogP contribution in [0.3, 0.4) is 0 Å². The Bertz CT molecular complexity index is 424. The molecule has 20 heavy (non-hydrogen) atoms. The van der Waals surface area contributed by atoms with Crippen LogP contribution >= 0.6 is 11.6 Å². The molecule has 1 aromatic rings. The third-order valence-electron chi connectivity index (χ3n) is 4.13. The minimum Gasteiger partial charge on any atom is -0.396 e. The van der Waals surface area contributed by atoms with Crippen molar-refractivity contribution < 1.29 is 9.90 Å². The van der Waals surface area contributed by atoms with E-state index in [1.54, 1.807) is 0 Å². The van der Waals surface area contributed by atoms with Crippen LogP contribution in [-0.2, 0) is 11.3 Å².